The maximum Gasteiger partial charge on any atom is 0.472 e. The van der Waals surface area contributed by atoms with E-state index in [4.69, 9.17) is 28.5 Å². The van der Waals surface area contributed by atoms with Crippen LogP contribution in [0.15, 0.2) is 36.5 Å². The van der Waals surface area contributed by atoms with Crippen LogP contribution >= 0.6 is 15.6 Å². The second-order valence-corrected chi connectivity index (χ2v) is 17.1. The average molecular weight is 825 g/mol. The standard InChI is InChI=1S/C39H70O14P2/c1-4-5-6-7-8-9-12-15-20-25-36-37(53-36)26-21-17-18-23-28-39(42)52-35(32-51-55(46,47)50-30-34(40)29-49-54(43,44)45)31-48-38(41)27-22-16-13-10-11-14-19-24-33(2)3/h8-9,15,17,20-21,33-37,40H,4-7,10-14,16,18-19,22-32H2,1-3H3,(H,46,47)(H2,43,44,45)/b9-8-,20-15-,21-17-/t34-,35+,36?,37?/m0/s1. The molecule has 1 saturated heterocycles. The molecule has 0 aliphatic carbocycles. The number of esters is 2. The summed E-state index contributed by atoms with van der Waals surface area (Å²) in [4.78, 5) is 52.5. The molecule has 1 heterocycles. The largest absolute Gasteiger partial charge is 0.472 e. The number of carbonyl (C=O) groups is 2. The molecular formula is C39H70O14P2. The van der Waals surface area contributed by atoms with Crippen molar-refractivity contribution in [2.24, 2.45) is 5.92 Å². The van der Waals surface area contributed by atoms with Crippen molar-refractivity contribution in [2.75, 3.05) is 26.4 Å². The molecule has 14 nitrogen and oxygen atoms in total. The number of unbranched alkanes of at least 4 members (excludes halogenated alkanes) is 10. The summed E-state index contributed by atoms with van der Waals surface area (Å²) in [7, 11) is -9.69. The monoisotopic (exact) mass is 824 g/mol. The van der Waals surface area contributed by atoms with Gasteiger partial charge in [0.15, 0.2) is 6.10 Å². The van der Waals surface area contributed by atoms with E-state index in [1.54, 1.807) is 0 Å². The molecule has 320 valence electrons. The number of hydrogen-bond acceptors (Lipinski definition) is 11. The molecule has 4 N–H and O–H groups in total. The molecule has 0 aromatic carbocycles. The van der Waals surface area contributed by atoms with Gasteiger partial charge in [-0.15, -0.1) is 0 Å². The highest BCUT2D eigenvalue weighted by Gasteiger charge is 2.36. The number of epoxide rings is 1. The summed E-state index contributed by atoms with van der Waals surface area (Å²) in [6.07, 6.45) is 27.7. The van der Waals surface area contributed by atoms with Gasteiger partial charge in [0.1, 0.15) is 12.7 Å². The van der Waals surface area contributed by atoms with E-state index in [-0.39, 0.29) is 25.0 Å². The Hall–Kier alpha value is -1.70. The highest BCUT2D eigenvalue weighted by molar-refractivity contribution is 7.47. The first kappa shape index (κ1) is 51.3. The van der Waals surface area contributed by atoms with Crippen molar-refractivity contribution in [1.82, 2.24) is 0 Å². The molecule has 0 radical (unpaired) electrons. The number of allylic oxidation sites excluding steroid dienone is 4. The lowest BCUT2D eigenvalue weighted by atomic mass is 10.0. The van der Waals surface area contributed by atoms with Crippen LogP contribution in [0.5, 0.6) is 0 Å². The number of aliphatic hydroxyl groups is 1. The summed E-state index contributed by atoms with van der Waals surface area (Å²) in [6, 6.07) is 0. The summed E-state index contributed by atoms with van der Waals surface area (Å²) in [5, 5.41) is 9.72. The van der Waals surface area contributed by atoms with Gasteiger partial charge in [0.05, 0.1) is 32.0 Å². The maximum absolute atomic E-state index is 12.6. The van der Waals surface area contributed by atoms with Gasteiger partial charge in [0.25, 0.3) is 0 Å². The molecule has 3 unspecified atom stereocenters. The molecule has 0 bridgehead atoms. The molecule has 1 fully saturated rings. The molecule has 0 spiro atoms. The Morgan fingerprint density at radius 1 is 0.673 bits per heavy atom. The topological polar surface area (TPSA) is 208 Å². The van der Waals surface area contributed by atoms with E-state index in [0.29, 0.717) is 19.3 Å². The highest BCUT2D eigenvalue weighted by Crippen LogP contribution is 2.44. The molecule has 1 aliphatic rings. The van der Waals surface area contributed by atoms with Crippen LogP contribution in [0.1, 0.15) is 143 Å². The van der Waals surface area contributed by atoms with Gasteiger partial charge < -0.3 is 34.0 Å². The van der Waals surface area contributed by atoms with Crippen molar-refractivity contribution >= 4 is 27.6 Å². The van der Waals surface area contributed by atoms with E-state index in [1.807, 2.05) is 12.2 Å². The fourth-order valence-electron chi connectivity index (χ4n) is 5.39. The van der Waals surface area contributed by atoms with Gasteiger partial charge in [-0.25, -0.2) is 9.13 Å². The van der Waals surface area contributed by atoms with E-state index in [1.165, 1.54) is 44.9 Å². The van der Waals surface area contributed by atoms with E-state index in [0.717, 1.165) is 50.9 Å². The van der Waals surface area contributed by atoms with E-state index in [9.17, 15) is 28.7 Å². The number of phosphoric acid groups is 2. The molecule has 0 aromatic heterocycles. The van der Waals surface area contributed by atoms with Gasteiger partial charge in [0.2, 0.25) is 0 Å². The molecule has 16 heteroatoms. The lowest BCUT2D eigenvalue weighted by molar-refractivity contribution is -0.161. The number of hydrogen-bond donors (Lipinski definition) is 4. The van der Waals surface area contributed by atoms with Crippen LogP contribution in [0, 0.1) is 5.92 Å². The SMILES string of the molecule is CCCCC/C=C\C/C=C\CC1OC1C/C=C\CCCC(=O)O[C@H](COC(=O)CCCCCCCCCC(C)C)COP(=O)(O)OC[C@@H](O)COP(=O)(O)O. The smallest absolute Gasteiger partial charge is 0.462 e. The zero-order chi connectivity index (χ0) is 40.8. The number of phosphoric ester groups is 2. The van der Waals surface area contributed by atoms with Gasteiger partial charge in [-0.2, -0.15) is 0 Å². The van der Waals surface area contributed by atoms with E-state index in [2.05, 4.69) is 54.1 Å². The predicted molar refractivity (Wildman–Crippen MR) is 211 cm³/mol. The minimum absolute atomic E-state index is 0.0473. The van der Waals surface area contributed by atoms with Crippen molar-refractivity contribution in [3.05, 3.63) is 36.5 Å². The fourth-order valence-corrected chi connectivity index (χ4v) is 6.54. The minimum Gasteiger partial charge on any atom is -0.462 e. The van der Waals surface area contributed by atoms with Crippen LogP contribution in [0.2, 0.25) is 0 Å². The Kier molecular flexibility index (Phi) is 29.2. The van der Waals surface area contributed by atoms with E-state index < -0.39 is 66.2 Å². The summed E-state index contributed by atoms with van der Waals surface area (Å²) in [5.41, 5.74) is 0. The van der Waals surface area contributed by atoms with Crippen LogP contribution in [-0.4, -0.2) is 82.6 Å². The Balaban J connectivity index is 2.44. The molecule has 0 aromatic rings. The minimum atomic E-state index is -4.87. The van der Waals surface area contributed by atoms with E-state index >= 15 is 0 Å². The van der Waals surface area contributed by atoms with Crippen LogP contribution < -0.4 is 0 Å². The second-order valence-electron chi connectivity index (χ2n) is 14.4. The Morgan fingerprint density at radius 2 is 1.24 bits per heavy atom. The molecule has 0 saturated carbocycles. The van der Waals surface area contributed by atoms with Crippen LogP contribution in [-0.2, 0) is 46.5 Å². The highest BCUT2D eigenvalue weighted by atomic mass is 31.2. The second kappa shape index (κ2) is 31.3. The zero-order valence-electron chi connectivity index (χ0n) is 33.4. The quantitative estimate of drug-likeness (QED) is 0.0154. The summed E-state index contributed by atoms with van der Waals surface area (Å²) < 4.78 is 53.3. The number of rotatable bonds is 36. The Bertz CT molecular complexity index is 1200. The Labute approximate surface area is 329 Å². The molecule has 1 aliphatic heterocycles. The van der Waals surface area contributed by atoms with Crippen molar-refractivity contribution in [3.63, 3.8) is 0 Å². The third-order valence-electron chi connectivity index (χ3n) is 8.60. The number of carbonyl (C=O) groups excluding carboxylic acids is 2. The molecular weight excluding hydrogens is 754 g/mol. The van der Waals surface area contributed by atoms with Crippen molar-refractivity contribution < 1.29 is 66.3 Å². The normalized spacial score (nSPS) is 18.3. The number of ether oxygens (including phenoxy) is 3. The summed E-state index contributed by atoms with van der Waals surface area (Å²) >= 11 is 0. The van der Waals surface area contributed by atoms with Gasteiger partial charge in [-0.1, -0.05) is 115 Å². The summed E-state index contributed by atoms with van der Waals surface area (Å²) in [5.74, 6) is -0.391. The zero-order valence-corrected chi connectivity index (χ0v) is 35.2. The van der Waals surface area contributed by atoms with Crippen molar-refractivity contribution in [2.45, 2.75) is 167 Å². The Morgan fingerprint density at radius 3 is 1.91 bits per heavy atom. The third kappa shape index (κ3) is 33.0. The van der Waals surface area contributed by atoms with Gasteiger partial charge in [-0.05, 0) is 57.3 Å². The first-order chi connectivity index (χ1) is 26.2. The predicted octanol–water partition coefficient (Wildman–Crippen LogP) is 8.57. The van der Waals surface area contributed by atoms with Gasteiger partial charge in [-0.3, -0.25) is 23.2 Å². The molecule has 0 amide bonds. The van der Waals surface area contributed by atoms with Crippen LogP contribution in [0.3, 0.4) is 0 Å². The third-order valence-corrected chi connectivity index (χ3v) is 10.0. The maximum atomic E-state index is 12.6. The lowest BCUT2D eigenvalue weighted by Gasteiger charge is -2.20. The fraction of sp³-hybridized carbons (Fsp3) is 0.795. The molecule has 5 atom stereocenters. The average Bonchev–Trinajstić information content (AvgIpc) is 3.88. The lowest BCUT2D eigenvalue weighted by Crippen LogP contribution is -2.29. The number of aliphatic hydroxyl groups excluding tert-OH is 1. The van der Waals surface area contributed by atoms with Gasteiger partial charge in [0, 0.05) is 12.8 Å². The summed E-state index contributed by atoms with van der Waals surface area (Å²) in [6.45, 7) is 3.87. The van der Waals surface area contributed by atoms with Crippen molar-refractivity contribution in [1.29, 1.82) is 0 Å². The van der Waals surface area contributed by atoms with Crippen LogP contribution in [0.25, 0.3) is 0 Å². The van der Waals surface area contributed by atoms with Crippen molar-refractivity contribution in [3.8, 4) is 0 Å². The molecule has 55 heavy (non-hydrogen) atoms. The first-order valence-corrected chi connectivity index (χ1v) is 23.2. The first-order valence-electron chi connectivity index (χ1n) is 20.2. The van der Waals surface area contributed by atoms with Gasteiger partial charge >= 0.3 is 27.6 Å². The van der Waals surface area contributed by atoms with Crippen LogP contribution in [0.4, 0.5) is 0 Å². The molecule has 1 rings (SSSR count).